The first-order valence-electron chi connectivity index (χ1n) is 7.34. The summed E-state index contributed by atoms with van der Waals surface area (Å²) in [7, 11) is 0. The van der Waals surface area contributed by atoms with Gasteiger partial charge in [-0.3, -0.25) is 9.59 Å². The molecule has 0 saturated carbocycles. The summed E-state index contributed by atoms with van der Waals surface area (Å²) in [6, 6.07) is 9.94. The molecule has 0 spiro atoms. The highest BCUT2D eigenvalue weighted by Gasteiger charge is 2.16. The molecule has 0 amide bonds. The summed E-state index contributed by atoms with van der Waals surface area (Å²) in [5.74, 6) is -0.0664. The second-order valence-corrected chi connectivity index (χ2v) is 7.18. The Hall–Kier alpha value is -1.71. The Labute approximate surface area is 166 Å². The molecule has 0 aliphatic carbocycles. The third kappa shape index (κ3) is 3.49. The molecule has 128 valence electrons. The van der Waals surface area contributed by atoms with E-state index in [4.69, 9.17) is 28.6 Å². The first kappa shape index (κ1) is 18.1. The molecule has 0 unspecified atom stereocenters. The van der Waals surface area contributed by atoms with Crippen LogP contribution in [0.5, 0.6) is 5.75 Å². The van der Waals surface area contributed by atoms with Crippen LogP contribution < -0.4 is 10.3 Å². The molecule has 1 N–H and O–H groups in total. The van der Waals surface area contributed by atoms with Crippen LogP contribution in [0.4, 0.5) is 0 Å². The van der Waals surface area contributed by atoms with E-state index in [2.05, 4.69) is 27.6 Å². The molecule has 0 atom stereocenters. The molecule has 3 aromatic rings. The van der Waals surface area contributed by atoms with Crippen molar-refractivity contribution in [1.29, 1.82) is 0 Å². The topological polar surface area (TPSA) is 64.1 Å². The van der Waals surface area contributed by atoms with Crippen molar-refractivity contribution >= 4 is 63.2 Å². The third-order valence-electron chi connectivity index (χ3n) is 3.54. The summed E-state index contributed by atoms with van der Waals surface area (Å²) in [6.45, 7) is 2.30. The van der Waals surface area contributed by atoms with Crippen LogP contribution in [-0.4, -0.2) is 22.1 Å². The number of nitrogens with one attached hydrogen (secondary N) is 1. The molecule has 8 heteroatoms. The van der Waals surface area contributed by atoms with Crippen LogP contribution in [-0.2, 0) is 0 Å². The van der Waals surface area contributed by atoms with Gasteiger partial charge in [-0.25, -0.2) is 4.57 Å². The Morgan fingerprint density at radius 3 is 2.76 bits per heavy atom. The maximum atomic E-state index is 12.8. The quantitative estimate of drug-likeness (QED) is 0.440. The summed E-state index contributed by atoms with van der Waals surface area (Å²) >= 11 is 13.4. The molecule has 0 aliphatic heterocycles. The molecule has 1 heterocycles. The second kappa shape index (κ2) is 7.27. The standard InChI is InChI=1S/C17H12ClIN2O3S/c1-2-24-14-6-3-9(7-12(14)18)15(22)21-16(23)11-8-10(19)4-5-13(11)20-17(21)25/h3-8H,2H2,1H3,(H,20,25). The van der Waals surface area contributed by atoms with Gasteiger partial charge in [0.05, 0.1) is 22.5 Å². The largest absolute Gasteiger partial charge is 0.492 e. The number of halogens is 2. The molecule has 3 rings (SSSR count). The lowest BCUT2D eigenvalue weighted by molar-refractivity contribution is 0.0953. The fraction of sp³-hybridized carbons (Fsp3) is 0.118. The molecular weight excluding hydrogens is 475 g/mol. The van der Waals surface area contributed by atoms with E-state index in [0.717, 1.165) is 8.14 Å². The Bertz CT molecular complexity index is 1110. The van der Waals surface area contributed by atoms with E-state index in [1.807, 2.05) is 13.0 Å². The molecule has 2 aromatic carbocycles. The summed E-state index contributed by atoms with van der Waals surface area (Å²) in [4.78, 5) is 28.5. The molecule has 0 saturated heterocycles. The van der Waals surface area contributed by atoms with Crippen molar-refractivity contribution < 1.29 is 9.53 Å². The molecule has 0 aliphatic rings. The number of aromatic amines is 1. The predicted molar refractivity (Wildman–Crippen MR) is 108 cm³/mol. The summed E-state index contributed by atoms with van der Waals surface area (Å²) < 4.78 is 7.22. The van der Waals surface area contributed by atoms with E-state index in [1.54, 1.807) is 24.3 Å². The van der Waals surface area contributed by atoms with E-state index < -0.39 is 11.5 Å². The van der Waals surface area contributed by atoms with E-state index in [1.165, 1.54) is 6.07 Å². The summed E-state index contributed by atoms with van der Waals surface area (Å²) in [6.07, 6.45) is 0. The zero-order valence-corrected chi connectivity index (χ0v) is 16.7. The number of ether oxygens (including phenoxy) is 1. The maximum absolute atomic E-state index is 12.8. The Morgan fingerprint density at radius 1 is 1.32 bits per heavy atom. The second-order valence-electron chi connectivity index (χ2n) is 5.14. The van der Waals surface area contributed by atoms with Crippen LogP contribution in [0.3, 0.4) is 0 Å². The van der Waals surface area contributed by atoms with Crippen molar-refractivity contribution in [2.45, 2.75) is 6.92 Å². The molecule has 0 radical (unpaired) electrons. The normalized spacial score (nSPS) is 10.8. The van der Waals surface area contributed by atoms with Crippen molar-refractivity contribution in [2.24, 2.45) is 0 Å². The molecule has 1 aromatic heterocycles. The minimum Gasteiger partial charge on any atom is -0.492 e. The molecule has 25 heavy (non-hydrogen) atoms. The maximum Gasteiger partial charge on any atom is 0.269 e. The molecule has 0 bridgehead atoms. The molecule has 5 nitrogen and oxygen atoms in total. The van der Waals surface area contributed by atoms with Gasteiger partial charge in [0.1, 0.15) is 5.75 Å². The van der Waals surface area contributed by atoms with Gasteiger partial charge in [0.25, 0.3) is 11.5 Å². The summed E-state index contributed by atoms with van der Waals surface area (Å²) in [5, 5.41) is 0.692. The van der Waals surface area contributed by atoms with Crippen molar-refractivity contribution in [3.63, 3.8) is 0 Å². The molecule has 0 fully saturated rings. The lowest BCUT2D eigenvalue weighted by Gasteiger charge is -2.09. The first-order chi connectivity index (χ1) is 11.9. The van der Waals surface area contributed by atoms with Gasteiger partial charge in [0.2, 0.25) is 0 Å². The minimum atomic E-state index is -0.544. The molecular formula is C17H12ClIN2O3S. The highest BCUT2D eigenvalue weighted by Crippen LogP contribution is 2.25. The van der Waals surface area contributed by atoms with Crippen LogP contribution in [0.25, 0.3) is 10.9 Å². The average molecular weight is 487 g/mol. The fourth-order valence-corrected chi connectivity index (χ4v) is 3.41. The smallest absolute Gasteiger partial charge is 0.269 e. The number of fused-ring (bicyclic) bond motifs is 1. The van der Waals surface area contributed by atoms with Crippen molar-refractivity contribution in [3.8, 4) is 5.75 Å². The number of carbonyl (C=O) groups is 1. The SMILES string of the molecule is CCOc1ccc(C(=O)n2c(=S)[nH]c3ccc(I)cc3c2=O)cc1Cl. The lowest BCUT2D eigenvalue weighted by atomic mass is 10.2. The van der Waals surface area contributed by atoms with Crippen LogP contribution >= 0.6 is 46.4 Å². The van der Waals surface area contributed by atoms with Gasteiger partial charge in [-0.05, 0) is 78.1 Å². The van der Waals surface area contributed by atoms with Crippen LogP contribution in [0, 0.1) is 8.34 Å². The van der Waals surface area contributed by atoms with E-state index in [-0.39, 0.29) is 10.3 Å². The Morgan fingerprint density at radius 2 is 2.08 bits per heavy atom. The summed E-state index contributed by atoms with van der Waals surface area (Å²) in [5.41, 5.74) is 0.372. The highest BCUT2D eigenvalue weighted by atomic mass is 127. The van der Waals surface area contributed by atoms with Crippen LogP contribution in [0.15, 0.2) is 41.2 Å². The van der Waals surface area contributed by atoms with Crippen molar-refractivity contribution in [1.82, 2.24) is 9.55 Å². The van der Waals surface area contributed by atoms with Crippen molar-refractivity contribution in [2.75, 3.05) is 6.61 Å². The van der Waals surface area contributed by atoms with Gasteiger partial charge in [0.15, 0.2) is 4.77 Å². The number of hydrogen-bond donors (Lipinski definition) is 1. The Balaban J connectivity index is 2.16. The van der Waals surface area contributed by atoms with Crippen molar-refractivity contribution in [3.05, 3.63) is 65.7 Å². The third-order valence-corrected chi connectivity index (χ3v) is 4.79. The monoisotopic (exact) mass is 486 g/mol. The zero-order valence-electron chi connectivity index (χ0n) is 13.0. The number of carbonyl (C=O) groups excluding carboxylic acids is 1. The predicted octanol–water partition coefficient (Wildman–Crippen LogP) is 4.40. The van der Waals surface area contributed by atoms with E-state index >= 15 is 0 Å². The number of H-pyrrole nitrogens is 1. The van der Waals surface area contributed by atoms with E-state index in [9.17, 15) is 9.59 Å². The fourth-order valence-electron chi connectivity index (χ4n) is 2.41. The lowest BCUT2D eigenvalue weighted by Crippen LogP contribution is -2.29. The Kier molecular flexibility index (Phi) is 5.26. The van der Waals surface area contributed by atoms with Crippen LogP contribution in [0.2, 0.25) is 5.02 Å². The van der Waals surface area contributed by atoms with Gasteiger partial charge in [-0.2, -0.15) is 0 Å². The van der Waals surface area contributed by atoms with Crippen LogP contribution in [0.1, 0.15) is 17.3 Å². The number of nitrogens with zero attached hydrogens (tertiary/aromatic N) is 1. The van der Waals surface area contributed by atoms with Gasteiger partial charge in [-0.1, -0.05) is 11.6 Å². The first-order valence-corrected chi connectivity index (χ1v) is 9.20. The number of aromatic nitrogens is 2. The van der Waals surface area contributed by atoms with Gasteiger partial charge >= 0.3 is 0 Å². The van der Waals surface area contributed by atoms with E-state index in [0.29, 0.717) is 28.3 Å². The van der Waals surface area contributed by atoms with Gasteiger partial charge < -0.3 is 9.72 Å². The number of rotatable bonds is 3. The number of hydrogen-bond acceptors (Lipinski definition) is 4. The minimum absolute atomic E-state index is 0.0358. The highest BCUT2D eigenvalue weighted by molar-refractivity contribution is 14.1. The number of benzene rings is 2. The van der Waals surface area contributed by atoms with Gasteiger partial charge in [-0.15, -0.1) is 0 Å². The van der Waals surface area contributed by atoms with Gasteiger partial charge in [0, 0.05) is 9.13 Å². The zero-order chi connectivity index (χ0) is 18.1. The average Bonchev–Trinajstić information content (AvgIpc) is 2.57.